The van der Waals surface area contributed by atoms with E-state index in [0.29, 0.717) is 0 Å². The second-order valence-corrected chi connectivity index (χ2v) is 3.94. The number of benzene rings is 1. The molecule has 0 spiro atoms. The Bertz CT molecular complexity index is 276. The fourth-order valence-corrected chi connectivity index (χ4v) is 1.56. The van der Waals surface area contributed by atoms with Crippen LogP contribution in [0.1, 0.15) is 11.7 Å². The molecule has 1 unspecified atom stereocenters. The molecular weight excluding hydrogens is 198 g/mol. The van der Waals surface area contributed by atoms with E-state index >= 15 is 0 Å². The van der Waals surface area contributed by atoms with Crippen molar-refractivity contribution in [3.8, 4) is 0 Å². The van der Waals surface area contributed by atoms with Gasteiger partial charge in [0.2, 0.25) is 0 Å². The third-order valence-electron chi connectivity index (χ3n) is 2.07. The molecule has 4 N–H and O–H groups in total. The molecule has 0 saturated heterocycles. The van der Waals surface area contributed by atoms with Crippen molar-refractivity contribution in [2.24, 2.45) is 5.73 Å². The van der Waals surface area contributed by atoms with Crippen molar-refractivity contribution < 1.29 is 10.2 Å². The van der Waals surface area contributed by atoms with Crippen LogP contribution in [0, 0.1) is 0 Å². The minimum Gasteiger partial charge on any atom is -0.395 e. The lowest BCUT2D eigenvalue weighted by molar-refractivity contribution is 0.109. The number of thioether (sulfide) groups is 1. The monoisotopic (exact) mass is 213 g/mol. The number of hydrogen-bond donors (Lipinski definition) is 3. The Balaban J connectivity index is 2.75. The van der Waals surface area contributed by atoms with Gasteiger partial charge in [-0.2, -0.15) is 0 Å². The standard InChI is InChI=1S/C10H15NO2S/c1-14-8-4-2-7(3-5-8)10(13)9(11)6-12/h2-5,9-10,12-13H,6,11H2,1H3/t9-,10?/m0/s1. The van der Waals surface area contributed by atoms with Gasteiger partial charge in [0, 0.05) is 4.90 Å². The number of aliphatic hydroxyl groups excluding tert-OH is 2. The molecule has 0 aliphatic carbocycles. The molecule has 14 heavy (non-hydrogen) atoms. The molecule has 4 heteroatoms. The summed E-state index contributed by atoms with van der Waals surface area (Å²) < 4.78 is 0. The maximum absolute atomic E-state index is 9.66. The maximum atomic E-state index is 9.66. The molecule has 0 aliphatic rings. The topological polar surface area (TPSA) is 66.5 Å². The van der Waals surface area contributed by atoms with E-state index in [-0.39, 0.29) is 6.61 Å². The zero-order valence-corrected chi connectivity index (χ0v) is 8.87. The molecule has 1 aromatic carbocycles. The van der Waals surface area contributed by atoms with Gasteiger partial charge in [0.1, 0.15) is 0 Å². The third-order valence-corrected chi connectivity index (χ3v) is 2.82. The van der Waals surface area contributed by atoms with Crippen LogP contribution in [0.3, 0.4) is 0 Å². The van der Waals surface area contributed by atoms with E-state index in [1.807, 2.05) is 30.5 Å². The first-order valence-electron chi connectivity index (χ1n) is 4.37. The summed E-state index contributed by atoms with van der Waals surface area (Å²) >= 11 is 1.64. The number of nitrogens with two attached hydrogens (primary N) is 1. The lowest BCUT2D eigenvalue weighted by atomic mass is 10.0. The summed E-state index contributed by atoms with van der Waals surface area (Å²) in [4.78, 5) is 1.14. The fourth-order valence-electron chi connectivity index (χ4n) is 1.15. The normalized spacial score (nSPS) is 15.1. The summed E-state index contributed by atoms with van der Waals surface area (Å²) in [7, 11) is 0. The quantitative estimate of drug-likeness (QED) is 0.646. The van der Waals surface area contributed by atoms with Gasteiger partial charge >= 0.3 is 0 Å². The van der Waals surface area contributed by atoms with E-state index in [1.54, 1.807) is 11.8 Å². The molecule has 0 fully saturated rings. The second-order valence-electron chi connectivity index (χ2n) is 3.06. The van der Waals surface area contributed by atoms with Crippen LogP contribution < -0.4 is 5.73 Å². The van der Waals surface area contributed by atoms with E-state index in [1.165, 1.54) is 0 Å². The molecule has 0 bridgehead atoms. The molecule has 0 heterocycles. The smallest absolute Gasteiger partial charge is 0.0963 e. The van der Waals surface area contributed by atoms with Crippen LogP contribution in [-0.2, 0) is 0 Å². The van der Waals surface area contributed by atoms with Crippen molar-refractivity contribution in [2.45, 2.75) is 17.0 Å². The number of aliphatic hydroxyl groups is 2. The van der Waals surface area contributed by atoms with Crippen molar-refractivity contribution >= 4 is 11.8 Å². The van der Waals surface area contributed by atoms with Gasteiger partial charge in [-0.3, -0.25) is 0 Å². The van der Waals surface area contributed by atoms with Crippen LogP contribution >= 0.6 is 11.8 Å². The van der Waals surface area contributed by atoms with Crippen LogP contribution in [0.5, 0.6) is 0 Å². The van der Waals surface area contributed by atoms with Gasteiger partial charge in [0.15, 0.2) is 0 Å². The highest BCUT2D eigenvalue weighted by Gasteiger charge is 2.15. The Morgan fingerprint density at radius 2 is 1.93 bits per heavy atom. The maximum Gasteiger partial charge on any atom is 0.0963 e. The fraction of sp³-hybridized carbons (Fsp3) is 0.400. The molecule has 0 aliphatic heterocycles. The molecule has 2 atom stereocenters. The summed E-state index contributed by atoms with van der Waals surface area (Å²) in [5.74, 6) is 0. The minimum absolute atomic E-state index is 0.217. The lowest BCUT2D eigenvalue weighted by Gasteiger charge is -2.16. The van der Waals surface area contributed by atoms with Crippen molar-refractivity contribution in [3.63, 3.8) is 0 Å². The third kappa shape index (κ3) is 2.72. The van der Waals surface area contributed by atoms with Crippen LogP contribution in [0.4, 0.5) is 0 Å². The van der Waals surface area contributed by atoms with Gasteiger partial charge < -0.3 is 15.9 Å². The van der Waals surface area contributed by atoms with Crippen LogP contribution in [0.25, 0.3) is 0 Å². The van der Waals surface area contributed by atoms with E-state index in [2.05, 4.69) is 0 Å². The Kier molecular flexibility index (Phi) is 4.41. The highest BCUT2D eigenvalue weighted by Crippen LogP contribution is 2.20. The van der Waals surface area contributed by atoms with E-state index in [0.717, 1.165) is 10.5 Å². The van der Waals surface area contributed by atoms with E-state index < -0.39 is 12.1 Å². The zero-order valence-electron chi connectivity index (χ0n) is 8.05. The minimum atomic E-state index is -0.795. The highest BCUT2D eigenvalue weighted by molar-refractivity contribution is 7.98. The first-order chi connectivity index (χ1) is 6.69. The van der Waals surface area contributed by atoms with Gasteiger partial charge in [0.05, 0.1) is 18.8 Å². The van der Waals surface area contributed by atoms with Crippen molar-refractivity contribution in [3.05, 3.63) is 29.8 Å². The first-order valence-corrected chi connectivity index (χ1v) is 5.60. The number of hydrogen-bond acceptors (Lipinski definition) is 4. The molecule has 78 valence electrons. The highest BCUT2D eigenvalue weighted by atomic mass is 32.2. The largest absolute Gasteiger partial charge is 0.395 e. The Labute approximate surface area is 87.9 Å². The first kappa shape index (κ1) is 11.5. The van der Waals surface area contributed by atoms with Crippen LogP contribution in [0.15, 0.2) is 29.2 Å². The zero-order chi connectivity index (χ0) is 10.6. The van der Waals surface area contributed by atoms with Crippen LogP contribution in [-0.4, -0.2) is 29.1 Å². The summed E-state index contributed by atoms with van der Waals surface area (Å²) in [5, 5.41) is 18.4. The summed E-state index contributed by atoms with van der Waals surface area (Å²) in [6, 6.07) is 6.88. The summed E-state index contributed by atoms with van der Waals surface area (Å²) in [5.41, 5.74) is 6.25. The molecule has 1 aromatic rings. The van der Waals surface area contributed by atoms with Gasteiger partial charge in [-0.15, -0.1) is 11.8 Å². The Hall–Kier alpha value is -0.550. The van der Waals surface area contributed by atoms with Crippen LogP contribution in [0.2, 0.25) is 0 Å². The molecule has 1 rings (SSSR count). The van der Waals surface area contributed by atoms with Gasteiger partial charge in [-0.05, 0) is 24.0 Å². The molecule has 0 aromatic heterocycles. The average molecular weight is 213 g/mol. The predicted octanol–water partition coefficient (Wildman–Crippen LogP) is 0.762. The Morgan fingerprint density at radius 3 is 2.36 bits per heavy atom. The van der Waals surface area contributed by atoms with E-state index in [4.69, 9.17) is 10.8 Å². The molecule has 3 nitrogen and oxygen atoms in total. The second kappa shape index (κ2) is 5.36. The van der Waals surface area contributed by atoms with Gasteiger partial charge in [0.25, 0.3) is 0 Å². The number of rotatable bonds is 4. The molecule has 0 radical (unpaired) electrons. The van der Waals surface area contributed by atoms with Gasteiger partial charge in [-0.1, -0.05) is 12.1 Å². The summed E-state index contributed by atoms with van der Waals surface area (Å²) in [6.45, 7) is -0.217. The summed E-state index contributed by atoms with van der Waals surface area (Å²) in [6.07, 6.45) is 1.20. The Morgan fingerprint density at radius 1 is 1.36 bits per heavy atom. The molecule has 0 saturated carbocycles. The van der Waals surface area contributed by atoms with E-state index in [9.17, 15) is 5.11 Å². The van der Waals surface area contributed by atoms with Crippen molar-refractivity contribution in [1.29, 1.82) is 0 Å². The molecule has 0 amide bonds. The predicted molar refractivity (Wildman–Crippen MR) is 58.2 cm³/mol. The molecular formula is C10H15NO2S. The van der Waals surface area contributed by atoms with Crippen molar-refractivity contribution in [1.82, 2.24) is 0 Å². The SMILES string of the molecule is CSc1ccc(C(O)[C@@H](N)CO)cc1. The average Bonchev–Trinajstić information content (AvgIpc) is 2.27. The van der Waals surface area contributed by atoms with Crippen molar-refractivity contribution in [2.75, 3.05) is 12.9 Å². The lowest BCUT2D eigenvalue weighted by Crippen LogP contribution is -2.31. The van der Waals surface area contributed by atoms with Gasteiger partial charge in [-0.25, -0.2) is 0 Å².